The van der Waals surface area contributed by atoms with Gasteiger partial charge in [0.25, 0.3) is 0 Å². The molecule has 2 fully saturated rings. The number of nitrogens with one attached hydrogen (secondary N) is 1. The van der Waals surface area contributed by atoms with E-state index in [0.717, 1.165) is 25.3 Å². The molecule has 2 unspecified atom stereocenters. The SMILES string of the molecule is CCCC1NC(C)N(CC2(CC(C)C)CCCC2)C1=O. The maximum atomic E-state index is 12.6. The van der Waals surface area contributed by atoms with Crippen LogP contribution in [0.4, 0.5) is 0 Å². The van der Waals surface area contributed by atoms with E-state index in [-0.39, 0.29) is 12.2 Å². The average molecular weight is 280 g/mol. The first-order chi connectivity index (χ1) is 9.47. The van der Waals surface area contributed by atoms with Crippen molar-refractivity contribution in [2.45, 2.75) is 84.8 Å². The highest BCUT2D eigenvalue weighted by molar-refractivity contribution is 5.84. The van der Waals surface area contributed by atoms with Gasteiger partial charge < -0.3 is 4.90 Å². The Morgan fingerprint density at radius 1 is 1.35 bits per heavy atom. The Hall–Kier alpha value is -0.570. The smallest absolute Gasteiger partial charge is 0.241 e. The number of carbonyl (C=O) groups is 1. The van der Waals surface area contributed by atoms with E-state index >= 15 is 0 Å². The Bertz CT molecular complexity index is 334. The van der Waals surface area contributed by atoms with Crippen molar-refractivity contribution in [2.75, 3.05) is 6.54 Å². The van der Waals surface area contributed by atoms with Crippen molar-refractivity contribution in [2.24, 2.45) is 11.3 Å². The lowest BCUT2D eigenvalue weighted by Gasteiger charge is -2.36. The third-order valence-electron chi connectivity index (χ3n) is 5.08. The molecular weight excluding hydrogens is 248 g/mol. The van der Waals surface area contributed by atoms with Gasteiger partial charge in [0.2, 0.25) is 5.91 Å². The fourth-order valence-corrected chi connectivity index (χ4v) is 4.33. The highest BCUT2D eigenvalue weighted by atomic mass is 16.2. The molecule has 2 rings (SSSR count). The molecule has 0 aromatic rings. The molecule has 1 saturated heterocycles. The first-order valence-corrected chi connectivity index (χ1v) is 8.54. The van der Waals surface area contributed by atoms with E-state index in [1.54, 1.807) is 0 Å². The Kier molecular flexibility index (Phi) is 5.11. The molecule has 20 heavy (non-hydrogen) atoms. The van der Waals surface area contributed by atoms with Gasteiger partial charge in [0.15, 0.2) is 0 Å². The first-order valence-electron chi connectivity index (χ1n) is 8.54. The minimum atomic E-state index is 0.0625. The second-order valence-electron chi connectivity index (χ2n) is 7.46. The van der Waals surface area contributed by atoms with Crippen LogP contribution in [0.2, 0.25) is 0 Å². The maximum absolute atomic E-state index is 12.6. The second-order valence-corrected chi connectivity index (χ2v) is 7.46. The zero-order valence-electron chi connectivity index (χ0n) is 13.7. The highest BCUT2D eigenvalue weighted by Gasteiger charge is 2.42. The van der Waals surface area contributed by atoms with Crippen LogP contribution in [-0.2, 0) is 4.79 Å². The summed E-state index contributed by atoms with van der Waals surface area (Å²) in [6, 6.07) is 0.0625. The molecule has 1 heterocycles. The number of hydrogen-bond acceptors (Lipinski definition) is 2. The van der Waals surface area contributed by atoms with Gasteiger partial charge in [0, 0.05) is 6.54 Å². The minimum absolute atomic E-state index is 0.0625. The van der Waals surface area contributed by atoms with Gasteiger partial charge in [0.1, 0.15) is 0 Å². The highest BCUT2D eigenvalue weighted by Crippen LogP contribution is 2.44. The van der Waals surface area contributed by atoms with Crippen molar-refractivity contribution in [1.29, 1.82) is 0 Å². The fraction of sp³-hybridized carbons (Fsp3) is 0.941. The second kappa shape index (κ2) is 6.46. The molecule has 1 aliphatic heterocycles. The molecular formula is C17H32N2O. The lowest BCUT2D eigenvalue weighted by atomic mass is 9.78. The fourth-order valence-electron chi connectivity index (χ4n) is 4.33. The van der Waals surface area contributed by atoms with E-state index in [1.165, 1.54) is 32.1 Å². The van der Waals surface area contributed by atoms with Crippen molar-refractivity contribution in [3.8, 4) is 0 Å². The van der Waals surface area contributed by atoms with Gasteiger partial charge in [-0.3, -0.25) is 10.1 Å². The molecule has 3 heteroatoms. The van der Waals surface area contributed by atoms with E-state index in [2.05, 4.69) is 37.9 Å². The van der Waals surface area contributed by atoms with Gasteiger partial charge in [-0.1, -0.05) is 40.0 Å². The van der Waals surface area contributed by atoms with Crippen LogP contribution < -0.4 is 5.32 Å². The number of nitrogens with zero attached hydrogens (tertiary/aromatic N) is 1. The number of amides is 1. The summed E-state index contributed by atoms with van der Waals surface area (Å²) in [6.07, 6.45) is 8.81. The van der Waals surface area contributed by atoms with Crippen molar-refractivity contribution in [3.63, 3.8) is 0 Å². The summed E-state index contributed by atoms with van der Waals surface area (Å²) in [6.45, 7) is 9.89. The van der Waals surface area contributed by atoms with Crippen LogP contribution in [0, 0.1) is 11.3 Å². The van der Waals surface area contributed by atoms with Gasteiger partial charge >= 0.3 is 0 Å². The summed E-state index contributed by atoms with van der Waals surface area (Å²) in [4.78, 5) is 14.7. The standard InChI is InChI=1S/C17H32N2O/c1-5-8-15-16(20)19(14(4)18-15)12-17(11-13(2)3)9-6-7-10-17/h13-15,18H,5-12H2,1-4H3. The number of carbonyl (C=O) groups excluding carboxylic acids is 1. The summed E-state index contributed by atoms with van der Waals surface area (Å²) in [5, 5.41) is 3.48. The maximum Gasteiger partial charge on any atom is 0.241 e. The van der Waals surface area contributed by atoms with Crippen molar-refractivity contribution < 1.29 is 4.79 Å². The van der Waals surface area contributed by atoms with Gasteiger partial charge in [0.05, 0.1) is 12.2 Å². The van der Waals surface area contributed by atoms with Crippen molar-refractivity contribution in [3.05, 3.63) is 0 Å². The number of rotatable bonds is 6. The third-order valence-corrected chi connectivity index (χ3v) is 5.08. The van der Waals surface area contributed by atoms with Crippen LogP contribution >= 0.6 is 0 Å². The molecule has 2 atom stereocenters. The Morgan fingerprint density at radius 2 is 2.00 bits per heavy atom. The topological polar surface area (TPSA) is 32.3 Å². The summed E-state index contributed by atoms with van der Waals surface area (Å²) < 4.78 is 0. The van der Waals surface area contributed by atoms with Gasteiger partial charge in [-0.15, -0.1) is 0 Å². The Morgan fingerprint density at radius 3 is 2.55 bits per heavy atom. The van der Waals surface area contributed by atoms with E-state index in [1.807, 2.05) is 0 Å². The summed E-state index contributed by atoms with van der Waals surface area (Å²) in [7, 11) is 0. The predicted molar refractivity (Wildman–Crippen MR) is 83.4 cm³/mol. The molecule has 1 saturated carbocycles. The first kappa shape index (κ1) is 15.8. The molecule has 116 valence electrons. The summed E-state index contributed by atoms with van der Waals surface area (Å²) >= 11 is 0. The predicted octanol–water partition coefficient (Wildman–Crippen LogP) is 3.54. The number of hydrogen-bond donors (Lipinski definition) is 1. The van der Waals surface area contributed by atoms with Crippen LogP contribution in [0.25, 0.3) is 0 Å². The largest absolute Gasteiger partial charge is 0.326 e. The van der Waals surface area contributed by atoms with E-state index in [4.69, 9.17) is 0 Å². The van der Waals surface area contributed by atoms with Crippen molar-refractivity contribution in [1.82, 2.24) is 10.2 Å². The molecule has 0 bridgehead atoms. The average Bonchev–Trinajstić information content (AvgIpc) is 2.91. The molecule has 0 aromatic carbocycles. The molecule has 3 nitrogen and oxygen atoms in total. The van der Waals surface area contributed by atoms with Crippen LogP contribution in [0.15, 0.2) is 0 Å². The van der Waals surface area contributed by atoms with E-state index < -0.39 is 0 Å². The Labute approximate surface area is 124 Å². The van der Waals surface area contributed by atoms with Gasteiger partial charge in [-0.2, -0.15) is 0 Å². The normalized spacial score (nSPS) is 29.6. The molecule has 0 aromatic heterocycles. The zero-order valence-corrected chi connectivity index (χ0v) is 13.7. The molecule has 1 N–H and O–H groups in total. The molecule has 0 spiro atoms. The zero-order chi connectivity index (χ0) is 14.8. The molecule has 0 radical (unpaired) electrons. The van der Waals surface area contributed by atoms with Crippen LogP contribution in [0.1, 0.15) is 72.6 Å². The van der Waals surface area contributed by atoms with Crippen LogP contribution in [-0.4, -0.2) is 29.6 Å². The van der Waals surface area contributed by atoms with Crippen molar-refractivity contribution >= 4 is 5.91 Å². The molecule has 1 amide bonds. The monoisotopic (exact) mass is 280 g/mol. The van der Waals surface area contributed by atoms with Gasteiger partial charge in [-0.05, 0) is 43.9 Å². The van der Waals surface area contributed by atoms with Crippen LogP contribution in [0.3, 0.4) is 0 Å². The summed E-state index contributed by atoms with van der Waals surface area (Å²) in [5.41, 5.74) is 0.390. The molecule has 1 aliphatic carbocycles. The van der Waals surface area contributed by atoms with E-state index in [9.17, 15) is 4.79 Å². The molecule has 2 aliphatic rings. The Balaban J connectivity index is 2.05. The van der Waals surface area contributed by atoms with E-state index in [0.29, 0.717) is 11.3 Å². The quantitative estimate of drug-likeness (QED) is 0.807. The lowest BCUT2D eigenvalue weighted by molar-refractivity contribution is -0.131. The van der Waals surface area contributed by atoms with Crippen LogP contribution in [0.5, 0.6) is 0 Å². The third kappa shape index (κ3) is 3.36. The summed E-state index contributed by atoms with van der Waals surface area (Å²) in [5.74, 6) is 1.06. The van der Waals surface area contributed by atoms with Gasteiger partial charge in [-0.25, -0.2) is 0 Å². The lowest BCUT2D eigenvalue weighted by Crippen LogP contribution is -2.43. The minimum Gasteiger partial charge on any atom is -0.326 e.